The van der Waals surface area contributed by atoms with Crippen LogP contribution in [0.1, 0.15) is 48.8 Å². The monoisotopic (exact) mass is 392 g/mol. The molecular formula is C21H20N4O4. The van der Waals surface area contributed by atoms with Crippen molar-refractivity contribution in [2.75, 3.05) is 0 Å². The van der Waals surface area contributed by atoms with Crippen molar-refractivity contribution < 1.29 is 19.1 Å². The van der Waals surface area contributed by atoms with E-state index in [0.717, 1.165) is 27.8 Å². The van der Waals surface area contributed by atoms with Crippen molar-refractivity contribution in [3.63, 3.8) is 0 Å². The molecule has 0 N–H and O–H groups in total. The molecule has 8 heteroatoms. The number of nitrogens with zero attached hydrogens (tertiary/aromatic N) is 4. The van der Waals surface area contributed by atoms with Crippen LogP contribution in [0.15, 0.2) is 43.2 Å². The highest BCUT2D eigenvalue weighted by atomic mass is 16.5. The van der Waals surface area contributed by atoms with E-state index < -0.39 is 11.9 Å². The molecular weight excluding hydrogens is 372 g/mol. The van der Waals surface area contributed by atoms with Gasteiger partial charge in [-0.05, 0) is 48.6 Å². The maximum atomic E-state index is 12.2. The van der Waals surface area contributed by atoms with Gasteiger partial charge in [0.2, 0.25) is 0 Å². The number of benzene rings is 1. The molecule has 0 saturated heterocycles. The largest absolute Gasteiger partial charge is 0.456 e. The van der Waals surface area contributed by atoms with E-state index in [1.165, 1.54) is 37.2 Å². The number of hydrogen-bond donors (Lipinski definition) is 0. The lowest BCUT2D eigenvalue weighted by Crippen LogP contribution is -2.12. The van der Waals surface area contributed by atoms with Crippen molar-refractivity contribution in [1.82, 2.24) is 19.9 Å². The molecule has 0 aliphatic heterocycles. The number of hydrogen-bond acceptors (Lipinski definition) is 8. The molecule has 8 nitrogen and oxygen atoms in total. The number of carbonyl (C=O) groups is 2. The quantitative estimate of drug-likeness (QED) is 0.590. The van der Waals surface area contributed by atoms with Crippen LogP contribution in [0, 0.1) is 20.8 Å². The van der Waals surface area contributed by atoms with E-state index in [2.05, 4.69) is 19.9 Å². The average molecular weight is 392 g/mol. The van der Waals surface area contributed by atoms with Crippen LogP contribution in [-0.4, -0.2) is 31.9 Å². The normalized spacial score (nSPS) is 10.4. The van der Waals surface area contributed by atoms with Gasteiger partial charge in [-0.15, -0.1) is 0 Å². The summed E-state index contributed by atoms with van der Waals surface area (Å²) in [7, 11) is 0. The molecule has 0 aliphatic carbocycles. The third kappa shape index (κ3) is 4.78. The van der Waals surface area contributed by atoms with E-state index in [4.69, 9.17) is 9.47 Å². The first-order valence-corrected chi connectivity index (χ1v) is 8.92. The first-order valence-electron chi connectivity index (χ1n) is 8.92. The number of esters is 2. The molecule has 2 aromatic heterocycles. The van der Waals surface area contributed by atoms with Crippen molar-refractivity contribution in [2.24, 2.45) is 0 Å². The smallest absolute Gasteiger partial charge is 0.358 e. The van der Waals surface area contributed by atoms with Gasteiger partial charge in [0.1, 0.15) is 13.2 Å². The van der Waals surface area contributed by atoms with Crippen molar-refractivity contribution in [2.45, 2.75) is 34.0 Å². The van der Waals surface area contributed by atoms with Crippen molar-refractivity contribution in [3.8, 4) is 0 Å². The predicted molar refractivity (Wildman–Crippen MR) is 103 cm³/mol. The topological polar surface area (TPSA) is 104 Å². The molecule has 3 rings (SSSR count). The summed E-state index contributed by atoms with van der Waals surface area (Å²) in [5, 5.41) is 0. The second-order valence-corrected chi connectivity index (χ2v) is 6.43. The first kappa shape index (κ1) is 20.1. The summed E-state index contributed by atoms with van der Waals surface area (Å²) in [6.45, 7) is 5.97. The Morgan fingerprint density at radius 2 is 1.21 bits per heavy atom. The van der Waals surface area contributed by atoms with Gasteiger partial charge in [-0.2, -0.15) is 0 Å². The molecule has 2 heterocycles. The Kier molecular flexibility index (Phi) is 6.23. The summed E-state index contributed by atoms with van der Waals surface area (Å²) in [6, 6.07) is 1.98. The number of ether oxygens (including phenoxy) is 2. The highest BCUT2D eigenvalue weighted by Gasteiger charge is 2.17. The van der Waals surface area contributed by atoms with E-state index in [1.54, 1.807) is 0 Å². The number of aromatic nitrogens is 4. The van der Waals surface area contributed by atoms with E-state index in [0.29, 0.717) is 0 Å². The predicted octanol–water partition coefficient (Wildman–Crippen LogP) is 2.91. The molecule has 0 aliphatic rings. The zero-order valence-corrected chi connectivity index (χ0v) is 16.4. The standard InChI is InChI=1S/C21H20N4O4/c1-13-8-14(2)17(12-29-21(27)19-10-23-5-7-25-19)15(3)16(13)11-28-20(26)18-9-22-4-6-24-18/h4-10H,11-12H2,1-3H3. The van der Waals surface area contributed by atoms with Crippen LogP contribution in [0.4, 0.5) is 0 Å². The zero-order valence-electron chi connectivity index (χ0n) is 16.4. The fourth-order valence-electron chi connectivity index (χ4n) is 2.95. The average Bonchev–Trinajstić information content (AvgIpc) is 2.74. The minimum Gasteiger partial charge on any atom is -0.456 e. The Labute approximate surface area is 168 Å². The van der Waals surface area contributed by atoms with Gasteiger partial charge in [-0.3, -0.25) is 9.97 Å². The summed E-state index contributed by atoms with van der Waals surface area (Å²) < 4.78 is 10.8. The molecule has 0 radical (unpaired) electrons. The van der Waals surface area contributed by atoms with Crippen LogP contribution in [0.3, 0.4) is 0 Å². The van der Waals surface area contributed by atoms with Gasteiger partial charge >= 0.3 is 11.9 Å². The van der Waals surface area contributed by atoms with Gasteiger partial charge in [0.15, 0.2) is 11.4 Å². The van der Waals surface area contributed by atoms with Crippen LogP contribution in [0.2, 0.25) is 0 Å². The van der Waals surface area contributed by atoms with Crippen molar-refractivity contribution >= 4 is 11.9 Å². The molecule has 148 valence electrons. The van der Waals surface area contributed by atoms with Gasteiger partial charge in [0.25, 0.3) is 0 Å². The second-order valence-electron chi connectivity index (χ2n) is 6.43. The van der Waals surface area contributed by atoms with Crippen molar-refractivity contribution in [3.05, 3.63) is 82.5 Å². The lowest BCUT2D eigenvalue weighted by atomic mass is 9.94. The van der Waals surface area contributed by atoms with E-state index in [9.17, 15) is 9.59 Å². The molecule has 0 unspecified atom stereocenters. The van der Waals surface area contributed by atoms with Gasteiger partial charge in [-0.1, -0.05) is 6.07 Å². The van der Waals surface area contributed by atoms with E-state index in [-0.39, 0.29) is 24.6 Å². The van der Waals surface area contributed by atoms with Gasteiger partial charge in [0.05, 0.1) is 12.4 Å². The minimum atomic E-state index is -0.548. The molecule has 0 amide bonds. The Bertz CT molecular complexity index is 944. The maximum absolute atomic E-state index is 12.2. The number of carbonyl (C=O) groups excluding carboxylic acids is 2. The summed E-state index contributed by atoms with van der Waals surface area (Å²) in [5.41, 5.74) is 4.88. The lowest BCUT2D eigenvalue weighted by Gasteiger charge is -2.17. The van der Waals surface area contributed by atoms with Crippen LogP contribution >= 0.6 is 0 Å². The maximum Gasteiger partial charge on any atom is 0.358 e. The Hall–Kier alpha value is -3.68. The fourth-order valence-corrected chi connectivity index (χ4v) is 2.95. The van der Waals surface area contributed by atoms with Gasteiger partial charge in [0, 0.05) is 24.8 Å². The first-order chi connectivity index (χ1) is 14.0. The third-order valence-corrected chi connectivity index (χ3v) is 4.53. The molecule has 0 fully saturated rings. The van der Waals surface area contributed by atoms with Crippen molar-refractivity contribution in [1.29, 1.82) is 0 Å². The third-order valence-electron chi connectivity index (χ3n) is 4.53. The number of rotatable bonds is 6. The fraction of sp³-hybridized carbons (Fsp3) is 0.238. The van der Waals surface area contributed by atoms with E-state index >= 15 is 0 Å². The minimum absolute atomic E-state index is 0.0818. The summed E-state index contributed by atoms with van der Waals surface area (Å²) in [4.78, 5) is 39.9. The Balaban J connectivity index is 1.74. The van der Waals surface area contributed by atoms with Crippen LogP contribution in [0.5, 0.6) is 0 Å². The lowest BCUT2D eigenvalue weighted by molar-refractivity contribution is 0.0463. The summed E-state index contributed by atoms with van der Waals surface area (Å²) in [5.74, 6) is -1.10. The van der Waals surface area contributed by atoms with Crippen LogP contribution in [0.25, 0.3) is 0 Å². The van der Waals surface area contributed by atoms with Crippen LogP contribution < -0.4 is 0 Å². The summed E-state index contributed by atoms with van der Waals surface area (Å²) in [6.07, 6.45) is 8.55. The second kappa shape index (κ2) is 9.01. The van der Waals surface area contributed by atoms with Gasteiger partial charge in [-0.25, -0.2) is 19.6 Å². The molecule has 0 atom stereocenters. The molecule has 3 aromatic rings. The molecule has 0 spiro atoms. The van der Waals surface area contributed by atoms with Crippen LogP contribution in [-0.2, 0) is 22.7 Å². The Morgan fingerprint density at radius 3 is 1.59 bits per heavy atom. The summed E-state index contributed by atoms with van der Waals surface area (Å²) >= 11 is 0. The van der Waals surface area contributed by atoms with Gasteiger partial charge < -0.3 is 9.47 Å². The molecule has 29 heavy (non-hydrogen) atoms. The molecule has 0 saturated carbocycles. The highest BCUT2D eigenvalue weighted by Crippen LogP contribution is 2.24. The number of aryl methyl sites for hydroxylation is 2. The molecule has 1 aromatic carbocycles. The zero-order chi connectivity index (χ0) is 20.8. The highest BCUT2D eigenvalue weighted by molar-refractivity contribution is 5.87. The van der Waals surface area contributed by atoms with E-state index in [1.807, 2.05) is 26.8 Å². The Morgan fingerprint density at radius 1 is 0.759 bits per heavy atom. The molecule has 0 bridgehead atoms. The SMILES string of the molecule is Cc1cc(C)c(COC(=O)c2cnccn2)c(C)c1COC(=O)c1cnccn1.